The van der Waals surface area contributed by atoms with Crippen LogP contribution in [-0.4, -0.2) is 35.3 Å². The molecular formula is C15H23N3O2. The van der Waals surface area contributed by atoms with Crippen LogP contribution in [0.3, 0.4) is 0 Å². The number of benzene rings is 1. The van der Waals surface area contributed by atoms with E-state index in [1.165, 1.54) is 0 Å². The van der Waals surface area contributed by atoms with Crippen molar-refractivity contribution < 1.29 is 10.3 Å². The second-order valence-electron chi connectivity index (χ2n) is 5.38. The maximum Gasteiger partial charge on any atom is 0.147 e. The number of aliphatic hydroxyl groups excluding tert-OH is 1. The van der Waals surface area contributed by atoms with Crippen LogP contribution in [0, 0.1) is 5.92 Å². The lowest BCUT2D eigenvalue weighted by atomic mass is 9.96. The molecule has 0 amide bonds. The molecule has 0 heterocycles. The van der Waals surface area contributed by atoms with E-state index in [9.17, 15) is 5.11 Å². The number of oxime groups is 1. The average Bonchev–Trinajstić information content (AvgIpc) is 2.95. The van der Waals surface area contributed by atoms with Crippen molar-refractivity contribution in [1.29, 1.82) is 0 Å². The number of nitrogens with zero attached hydrogens (tertiary/aromatic N) is 1. The molecule has 2 rings (SSSR count). The number of amidine groups is 1. The molecule has 3 unspecified atom stereocenters. The van der Waals surface area contributed by atoms with Crippen LogP contribution in [0.5, 0.6) is 0 Å². The molecule has 1 saturated carbocycles. The third-order valence-electron chi connectivity index (χ3n) is 4.15. The highest BCUT2D eigenvalue weighted by atomic mass is 16.4. The lowest BCUT2D eigenvalue weighted by Crippen LogP contribution is -2.39. The maximum atomic E-state index is 9.35. The van der Waals surface area contributed by atoms with Crippen LogP contribution in [0.4, 0.5) is 0 Å². The molecule has 5 heteroatoms. The molecule has 5 N–H and O–H groups in total. The van der Waals surface area contributed by atoms with Gasteiger partial charge in [0.2, 0.25) is 0 Å². The highest BCUT2D eigenvalue weighted by molar-refractivity contribution is 5.87. The van der Waals surface area contributed by atoms with Crippen molar-refractivity contribution in [2.45, 2.75) is 31.2 Å². The minimum Gasteiger partial charge on any atom is -0.409 e. The molecule has 0 spiro atoms. The summed E-state index contributed by atoms with van der Waals surface area (Å²) in [5.41, 5.74) is 6.83. The van der Waals surface area contributed by atoms with Crippen molar-refractivity contribution in [2.24, 2.45) is 16.8 Å². The first kappa shape index (κ1) is 14.8. The molecule has 1 aromatic carbocycles. The van der Waals surface area contributed by atoms with E-state index in [4.69, 9.17) is 10.9 Å². The molecule has 0 bridgehead atoms. The fourth-order valence-electron chi connectivity index (χ4n) is 2.94. The molecule has 0 radical (unpaired) electrons. The van der Waals surface area contributed by atoms with Crippen LogP contribution in [-0.2, 0) is 0 Å². The van der Waals surface area contributed by atoms with Gasteiger partial charge in [0.05, 0.1) is 5.92 Å². The number of hydrogen-bond donors (Lipinski definition) is 4. The van der Waals surface area contributed by atoms with Crippen LogP contribution in [0.2, 0.25) is 0 Å². The summed E-state index contributed by atoms with van der Waals surface area (Å²) in [6, 6.07) is 10.1. The first-order valence-electron chi connectivity index (χ1n) is 7.13. The Morgan fingerprint density at radius 2 is 2.10 bits per heavy atom. The topological polar surface area (TPSA) is 90.9 Å². The van der Waals surface area contributed by atoms with Gasteiger partial charge in [-0.05, 0) is 24.3 Å². The van der Waals surface area contributed by atoms with Gasteiger partial charge in [-0.3, -0.25) is 0 Å². The van der Waals surface area contributed by atoms with Crippen LogP contribution in [0.15, 0.2) is 35.5 Å². The van der Waals surface area contributed by atoms with Gasteiger partial charge in [0, 0.05) is 19.2 Å². The predicted molar refractivity (Wildman–Crippen MR) is 78.8 cm³/mol. The molecule has 5 nitrogen and oxygen atoms in total. The SMILES string of the molecule is N/C(=N/O)C(CNC1CCCC1CO)c1ccccc1. The highest BCUT2D eigenvalue weighted by Gasteiger charge is 2.27. The zero-order valence-electron chi connectivity index (χ0n) is 11.6. The largest absolute Gasteiger partial charge is 0.409 e. The summed E-state index contributed by atoms with van der Waals surface area (Å²) in [4.78, 5) is 0. The third kappa shape index (κ3) is 3.49. The van der Waals surface area contributed by atoms with Gasteiger partial charge < -0.3 is 21.4 Å². The Morgan fingerprint density at radius 1 is 1.35 bits per heavy atom. The van der Waals surface area contributed by atoms with Gasteiger partial charge in [-0.2, -0.15) is 0 Å². The Labute approximate surface area is 119 Å². The molecule has 1 aliphatic carbocycles. The third-order valence-corrected chi connectivity index (χ3v) is 4.15. The van der Waals surface area contributed by atoms with Gasteiger partial charge in [-0.15, -0.1) is 0 Å². The number of rotatable bonds is 6. The smallest absolute Gasteiger partial charge is 0.147 e. The van der Waals surface area contributed by atoms with Gasteiger partial charge in [-0.1, -0.05) is 41.9 Å². The van der Waals surface area contributed by atoms with E-state index in [1.54, 1.807) is 0 Å². The number of aliphatic hydroxyl groups is 1. The van der Waals surface area contributed by atoms with Gasteiger partial charge >= 0.3 is 0 Å². The standard InChI is InChI=1S/C15H23N3O2/c16-15(18-20)13(11-5-2-1-3-6-11)9-17-14-8-4-7-12(14)10-19/h1-3,5-6,12-14,17,19-20H,4,7-10H2,(H2,16,18). The minimum absolute atomic E-state index is 0.152. The summed E-state index contributed by atoms with van der Waals surface area (Å²) in [7, 11) is 0. The Kier molecular flexibility index (Phi) is 5.38. The summed E-state index contributed by atoms with van der Waals surface area (Å²) < 4.78 is 0. The predicted octanol–water partition coefficient (Wildman–Crippen LogP) is 1.27. The lowest BCUT2D eigenvalue weighted by molar-refractivity contribution is 0.205. The van der Waals surface area contributed by atoms with Crippen molar-refractivity contribution >= 4 is 5.84 Å². The van der Waals surface area contributed by atoms with Gasteiger partial charge in [0.1, 0.15) is 5.84 Å². The molecule has 1 aromatic rings. The average molecular weight is 277 g/mol. The Bertz CT molecular complexity index is 436. The van der Waals surface area contributed by atoms with E-state index >= 15 is 0 Å². The molecule has 0 aromatic heterocycles. The summed E-state index contributed by atoms with van der Waals surface area (Å²) in [5, 5.41) is 24.9. The lowest BCUT2D eigenvalue weighted by Gasteiger charge is -2.23. The second-order valence-corrected chi connectivity index (χ2v) is 5.38. The minimum atomic E-state index is -0.152. The normalized spacial score (nSPS) is 24.8. The zero-order chi connectivity index (χ0) is 14.4. The van der Waals surface area contributed by atoms with Crippen LogP contribution < -0.4 is 11.1 Å². The fraction of sp³-hybridized carbons (Fsp3) is 0.533. The van der Waals surface area contributed by atoms with Crippen molar-refractivity contribution in [3.63, 3.8) is 0 Å². The first-order chi connectivity index (χ1) is 9.76. The van der Waals surface area contributed by atoms with E-state index in [0.717, 1.165) is 24.8 Å². The van der Waals surface area contributed by atoms with Gasteiger partial charge in [0.25, 0.3) is 0 Å². The van der Waals surface area contributed by atoms with E-state index in [-0.39, 0.29) is 18.4 Å². The van der Waals surface area contributed by atoms with E-state index in [2.05, 4.69) is 10.5 Å². The number of hydrogen-bond acceptors (Lipinski definition) is 4. The quantitative estimate of drug-likeness (QED) is 0.273. The molecular weight excluding hydrogens is 254 g/mol. The number of nitrogens with two attached hydrogens (primary N) is 1. The molecule has 20 heavy (non-hydrogen) atoms. The van der Waals surface area contributed by atoms with Gasteiger partial charge in [0.15, 0.2) is 0 Å². The molecule has 1 aliphatic rings. The monoisotopic (exact) mass is 277 g/mol. The molecule has 0 aliphatic heterocycles. The van der Waals surface area contributed by atoms with Gasteiger partial charge in [-0.25, -0.2) is 0 Å². The first-order valence-corrected chi connectivity index (χ1v) is 7.13. The Hall–Kier alpha value is -1.59. The zero-order valence-corrected chi connectivity index (χ0v) is 11.6. The number of nitrogens with one attached hydrogen (secondary N) is 1. The molecule has 1 fully saturated rings. The van der Waals surface area contributed by atoms with E-state index in [1.807, 2.05) is 30.3 Å². The molecule has 0 saturated heterocycles. The fourth-order valence-corrected chi connectivity index (χ4v) is 2.94. The second kappa shape index (κ2) is 7.26. The van der Waals surface area contributed by atoms with Crippen molar-refractivity contribution in [1.82, 2.24) is 5.32 Å². The Morgan fingerprint density at radius 3 is 2.75 bits per heavy atom. The summed E-state index contributed by atoms with van der Waals surface area (Å²) in [6.45, 7) is 0.832. The Balaban J connectivity index is 2.02. The van der Waals surface area contributed by atoms with Crippen LogP contribution in [0.25, 0.3) is 0 Å². The van der Waals surface area contributed by atoms with Crippen molar-refractivity contribution in [2.75, 3.05) is 13.2 Å². The molecule has 3 atom stereocenters. The highest BCUT2D eigenvalue weighted by Crippen LogP contribution is 2.26. The van der Waals surface area contributed by atoms with Crippen LogP contribution >= 0.6 is 0 Å². The van der Waals surface area contributed by atoms with Crippen molar-refractivity contribution in [3.8, 4) is 0 Å². The molecule has 110 valence electrons. The maximum absolute atomic E-state index is 9.35. The van der Waals surface area contributed by atoms with Crippen LogP contribution in [0.1, 0.15) is 30.7 Å². The van der Waals surface area contributed by atoms with E-state index < -0.39 is 0 Å². The van der Waals surface area contributed by atoms with E-state index in [0.29, 0.717) is 18.5 Å². The summed E-state index contributed by atoms with van der Waals surface area (Å²) in [6.07, 6.45) is 3.28. The summed E-state index contributed by atoms with van der Waals surface area (Å²) in [5.74, 6) is 0.377. The van der Waals surface area contributed by atoms with Crippen molar-refractivity contribution in [3.05, 3.63) is 35.9 Å². The summed E-state index contributed by atoms with van der Waals surface area (Å²) >= 11 is 0.